The molecule has 1 atom stereocenters. The van der Waals surface area contributed by atoms with Crippen molar-refractivity contribution in [3.63, 3.8) is 0 Å². The zero-order valence-electron chi connectivity index (χ0n) is 14.5. The van der Waals surface area contributed by atoms with Crippen LogP contribution in [0.2, 0.25) is 0 Å². The van der Waals surface area contributed by atoms with Gasteiger partial charge in [-0.15, -0.1) is 0 Å². The molecular weight excluding hydrogens is 324 g/mol. The minimum absolute atomic E-state index is 0.00709. The van der Waals surface area contributed by atoms with Crippen molar-refractivity contribution in [3.8, 4) is 11.5 Å². The van der Waals surface area contributed by atoms with E-state index in [1.54, 1.807) is 24.0 Å². The number of carbonyl (C=O) groups excluding carboxylic acids is 2. The summed E-state index contributed by atoms with van der Waals surface area (Å²) in [5.41, 5.74) is 1.64. The maximum Gasteiger partial charge on any atom is 0.337 e. The van der Waals surface area contributed by atoms with Crippen LogP contribution < -0.4 is 10.1 Å². The van der Waals surface area contributed by atoms with Crippen molar-refractivity contribution >= 4 is 12.0 Å². The number of phenolic OH excluding ortho intramolecular Hbond substituents is 1. The fourth-order valence-electron chi connectivity index (χ4n) is 3.14. The van der Waals surface area contributed by atoms with Crippen molar-refractivity contribution in [2.24, 2.45) is 0 Å². The SMILES string of the molecule is CCOc1cc([C@H]2NC(=O)N(C3CC3)C(C)=C2C(=O)OC)ccc1O. The molecule has 0 bridgehead atoms. The Morgan fingerprint density at radius 1 is 1.40 bits per heavy atom. The fourth-order valence-corrected chi connectivity index (χ4v) is 3.14. The molecule has 7 nitrogen and oxygen atoms in total. The molecule has 1 aliphatic heterocycles. The monoisotopic (exact) mass is 346 g/mol. The third-order valence-electron chi connectivity index (χ3n) is 4.46. The summed E-state index contributed by atoms with van der Waals surface area (Å²) in [4.78, 5) is 26.6. The van der Waals surface area contributed by atoms with Crippen molar-refractivity contribution in [3.05, 3.63) is 35.0 Å². The van der Waals surface area contributed by atoms with Gasteiger partial charge in [0.25, 0.3) is 0 Å². The Bertz CT molecular complexity index is 739. The molecule has 1 aromatic rings. The van der Waals surface area contributed by atoms with Crippen LogP contribution in [-0.4, -0.2) is 41.8 Å². The Morgan fingerprint density at radius 2 is 2.12 bits per heavy atom. The number of urea groups is 1. The van der Waals surface area contributed by atoms with Gasteiger partial charge >= 0.3 is 12.0 Å². The van der Waals surface area contributed by atoms with E-state index < -0.39 is 12.0 Å². The lowest BCUT2D eigenvalue weighted by Gasteiger charge is -2.35. The van der Waals surface area contributed by atoms with Crippen LogP contribution in [0.25, 0.3) is 0 Å². The topological polar surface area (TPSA) is 88.1 Å². The van der Waals surface area contributed by atoms with Crippen LogP contribution in [0.15, 0.2) is 29.5 Å². The normalized spacial score (nSPS) is 20.4. The van der Waals surface area contributed by atoms with Crippen molar-refractivity contribution in [2.75, 3.05) is 13.7 Å². The second-order valence-electron chi connectivity index (χ2n) is 6.13. The highest BCUT2D eigenvalue weighted by Gasteiger charge is 2.42. The second kappa shape index (κ2) is 6.66. The van der Waals surface area contributed by atoms with Gasteiger partial charge in [0.15, 0.2) is 11.5 Å². The first-order chi connectivity index (χ1) is 12.0. The van der Waals surface area contributed by atoms with E-state index in [1.807, 2.05) is 6.92 Å². The number of nitrogens with one attached hydrogen (secondary N) is 1. The summed E-state index contributed by atoms with van der Waals surface area (Å²) >= 11 is 0. The van der Waals surface area contributed by atoms with Gasteiger partial charge in [-0.3, -0.25) is 4.90 Å². The molecule has 134 valence electrons. The van der Waals surface area contributed by atoms with Gasteiger partial charge in [-0.25, -0.2) is 9.59 Å². The van der Waals surface area contributed by atoms with Gasteiger partial charge < -0.3 is 19.9 Å². The van der Waals surface area contributed by atoms with Gasteiger partial charge in [-0.05, 0) is 44.4 Å². The Hall–Kier alpha value is -2.70. The van der Waals surface area contributed by atoms with E-state index in [2.05, 4.69) is 5.32 Å². The van der Waals surface area contributed by atoms with E-state index in [4.69, 9.17) is 9.47 Å². The Morgan fingerprint density at radius 3 is 2.72 bits per heavy atom. The average Bonchev–Trinajstić information content (AvgIpc) is 3.41. The highest BCUT2D eigenvalue weighted by atomic mass is 16.5. The van der Waals surface area contributed by atoms with E-state index in [1.165, 1.54) is 13.2 Å². The van der Waals surface area contributed by atoms with Gasteiger partial charge in [0.2, 0.25) is 0 Å². The molecule has 7 heteroatoms. The molecule has 0 unspecified atom stereocenters. The minimum atomic E-state index is -0.658. The molecule has 0 spiro atoms. The lowest BCUT2D eigenvalue weighted by atomic mass is 9.94. The molecule has 1 aromatic carbocycles. The van der Waals surface area contributed by atoms with Crippen LogP contribution in [-0.2, 0) is 9.53 Å². The molecule has 1 fully saturated rings. The number of esters is 1. The van der Waals surface area contributed by atoms with Crippen LogP contribution >= 0.6 is 0 Å². The van der Waals surface area contributed by atoms with Gasteiger partial charge in [-0.2, -0.15) is 0 Å². The number of benzene rings is 1. The number of ether oxygens (including phenoxy) is 2. The number of methoxy groups -OCH3 is 1. The molecule has 2 amide bonds. The first kappa shape index (κ1) is 17.1. The van der Waals surface area contributed by atoms with E-state index in [0.29, 0.717) is 29.2 Å². The third-order valence-corrected chi connectivity index (χ3v) is 4.46. The highest BCUT2D eigenvalue weighted by molar-refractivity contribution is 5.95. The number of hydrogen-bond donors (Lipinski definition) is 2. The summed E-state index contributed by atoms with van der Waals surface area (Å²) < 4.78 is 10.3. The maximum absolute atomic E-state index is 12.6. The molecule has 25 heavy (non-hydrogen) atoms. The van der Waals surface area contributed by atoms with E-state index in [0.717, 1.165) is 12.8 Å². The number of aromatic hydroxyl groups is 1. The standard InChI is InChI=1S/C18H22N2O5/c1-4-25-14-9-11(5-8-13(14)21)16-15(17(22)24-3)10(2)20(12-6-7-12)18(23)19-16/h5,8-9,12,16,21H,4,6-7H2,1-3H3,(H,19,23)/t16-/m1/s1. The molecule has 3 rings (SSSR count). The summed E-state index contributed by atoms with van der Waals surface area (Å²) in [6, 6.07) is 4.03. The summed E-state index contributed by atoms with van der Waals surface area (Å²) in [6.45, 7) is 3.97. The van der Waals surface area contributed by atoms with Crippen LogP contribution in [0, 0.1) is 0 Å². The Kier molecular flexibility index (Phi) is 4.57. The average molecular weight is 346 g/mol. The largest absolute Gasteiger partial charge is 0.504 e. The van der Waals surface area contributed by atoms with Gasteiger partial charge in [0, 0.05) is 11.7 Å². The minimum Gasteiger partial charge on any atom is -0.504 e. The summed E-state index contributed by atoms with van der Waals surface area (Å²) in [5.74, 6) is -0.174. The van der Waals surface area contributed by atoms with Crippen LogP contribution in [0.1, 0.15) is 38.3 Å². The van der Waals surface area contributed by atoms with Crippen LogP contribution in [0.3, 0.4) is 0 Å². The van der Waals surface area contributed by atoms with Crippen molar-refractivity contribution < 1.29 is 24.2 Å². The van der Waals surface area contributed by atoms with Crippen molar-refractivity contribution in [2.45, 2.75) is 38.8 Å². The van der Waals surface area contributed by atoms with Crippen LogP contribution in [0.5, 0.6) is 11.5 Å². The van der Waals surface area contributed by atoms with E-state index in [9.17, 15) is 14.7 Å². The first-order valence-corrected chi connectivity index (χ1v) is 8.32. The third kappa shape index (κ3) is 3.14. The lowest BCUT2D eigenvalue weighted by Crippen LogP contribution is -2.48. The quantitative estimate of drug-likeness (QED) is 0.800. The Balaban J connectivity index is 2.06. The highest BCUT2D eigenvalue weighted by Crippen LogP contribution is 2.39. The number of nitrogens with zero attached hydrogens (tertiary/aromatic N) is 1. The van der Waals surface area contributed by atoms with Crippen LogP contribution in [0.4, 0.5) is 4.79 Å². The predicted molar refractivity (Wildman–Crippen MR) is 90.1 cm³/mol. The number of rotatable bonds is 5. The number of hydrogen-bond acceptors (Lipinski definition) is 5. The molecule has 1 heterocycles. The number of amides is 2. The lowest BCUT2D eigenvalue weighted by molar-refractivity contribution is -0.136. The maximum atomic E-state index is 12.6. The zero-order valence-corrected chi connectivity index (χ0v) is 14.5. The molecule has 0 aromatic heterocycles. The molecule has 0 saturated heterocycles. The zero-order chi connectivity index (χ0) is 18.1. The smallest absolute Gasteiger partial charge is 0.337 e. The fraction of sp³-hybridized carbons (Fsp3) is 0.444. The molecule has 0 radical (unpaired) electrons. The van der Waals surface area contributed by atoms with Gasteiger partial charge in [-0.1, -0.05) is 6.07 Å². The predicted octanol–water partition coefficient (Wildman–Crippen LogP) is 2.47. The Labute approximate surface area is 146 Å². The molecule has 2 aliphatic rings. The summed E-state index contributed by atoms with van der Waals surface area (Å²) in [7, 11) is 1.32. The second-order valence-corrected chi connectivity index (χ2v) is 6.13. The molecular formula is C18H22N2O5. The number of carbonyl (C=O) groups is 2. The van der Waals surface area contributed by atoms with Crippen molar-refractivity contribution in [1.82, 2.24) is 10.2 Å². The first-order valence-electron chi connectivity index (χ1n) is 8.32. The van der Waals surface area contributed by atoms with Gasteiger partial charge in [0.1, 0.15) is 0 Å². The molecule has 2 N–H and O–H groups in total. The van der Waals surface area contributed by atoms with E-state index >= 15 is 0 Å². The van der Waals surface area contributed by atoms with Crippen molar-refractivity contribution in [1.29, 1.82) is 0 Å². The number of allylic oxidation sites excluding steroid dienone is 1. The summed E-state index contributed by atoms with van der Waals surface area (Å²) in [5, 5.41) is 12.8. The van der Waals surface area contributed by atoms with Gasteiger partial charge in [0.05, 0.1) is 25.3 Å². The molecule has 1 saturated carbocycles. The molecule has 1 aliphatic carbocycles. The summed E-state index contributed by atoms with van der Waals surface area (Å²) in [6.07, 6.45) is 1.86. The van der Waals surface area contributed by atoms with E-state index in [-0.39, 0.29) is 17.8 Å². The number of phenols is 1.